The maximum absolute atomic E-state index is 12.7. The molecule has 0 amide bonds. The molecule has 6 heteroatoms. The highest BCUT2D eigenvalue weighted by Crippen LogP contribution is 2.33. The summed E-state index contributed by atoms with van der Waals surface area (Å²) in [5.74, 6) is -0.0854. The Balaban J connectivity index is 2.24. The van der Waals surface area contributed by atoms with Gasteiger partial charge in [-0.25, -0.2) is 8.42 Å². The van der Waals surface area contributed by atoms with Crippen molar-refractivity contribution in [3.8, 4) is 0 Å². The Morgan fingerprint density at radius 3 is 2.29 bits per heavy atom. The summed E-state index contributed by atoms with van der Waals surface area (Å²) in [5, 5.41) is 0. The number of nitrogens with one attached hydrogen (secondary N) is 1. The van der Waals surface area contributed by atoms with Crippen LogP contribution in [0.1, 0.15) is 64.4 Å². The van der Waals surface area contributed by atoms with Gasteiger partial charge in [0, 0.05) is 0 Å². The van der Waals surface area contributed by atoms with E-state index in [2.05, 4.69) is 18.6 Å². The van der Waals surface area contributed by atoms with E-state index in [9.17, 15) is 13.2 Å². The number of carbonyl (C=O) groups is 1. The minimum absolute atomic E-state index is 0.185. The second-order valence-corrected chi connectivity index (χ2v) is 8.18. The van der Waals surface area contributed by atoms with Crippen LogP contribution in [0.5, 0.6) is 0 Å². The summed E-state index contributed by atoms with van der Waals surface area (Å²) in [5.41, 5.74) is -0.0121. The van der Waals surface area contributed by atoms with Gasteiger partial charge in [-0.2, -0.15) is 4.72 Å². The monoisotopic (exact) mass is 353 g/mol. The first-order valence-corrected chi connectivity index (χ1v) is 10.1. The summed E-state index contributed by atoms with van der Waals surface area (Å²) in [6.07, 6.45) is 3.59. The summed E-state index contributed by atoms with van der Waals surface area (Å²) in [6.45, 7) is 6.17. The molecule has 0 aromatic heterocycles. The van der Waals surface area contributed by atoms with Gasteiger partial charge in [-0.1, -0.05) is 38.8 Å². The largest absolute Gasteiger partial charge is 0.465 e. The van der Waals surface area contributed by atoms with Crippen LogP contribution in [0.3, 0.4) is 0 Å². The first-order chi connectivity index (χ1) is 11.3. The van der Waals surface area contributed by atoms with Crippen LogP contribution in [0, 0.1) is 0 Å². The quantitative estimate of drug-likeness (QED) is 0.763. The minimum Gasteiger partial charge on any atom is -0.465 e. The Morgan fingerprint density at radius 1 is 1.21 bits per heavy atom. The van der Waals surface area contributed by atoms with Gasteiger partial charge in [-0.05, 0) is 49.8 Å². The molecule has 1 fully saturated rings. The van der Waals surface area contributed by atoms with Gasteiger partial charge in [0.25, 0.3) is 0 Å². The highest BCUT2D eigenvalue weighted by molar-refractivity contribution is 7.89. The highest BCUT2D eigenvalue weighted by atomic mass is 32.2. The Hall–Kier alpha value is -1.40. The lowest BCUT2D eigenvalue weighted by molar-refractivity contribution is -0.150. The van der Waals surface area contributed by atoms with E-state index in [0.717, 1.165) is 24.8 Å². The van der Waals surface area contributed by atoms with Crippen LogP contribution in [0.25, 0.3) is 0 Å². The van der Waals surface area contributed by atoms with E-state index in [0.29, 0.717) is 18.8 Å². The minimum atomic E-state index is -3.77. The van der Waals surface area contributed by atoms with Crippen LogP contribution in [0.15, 0.2) is 29.2 Å². The number of esters is 1. The molecule has 0 saturated heterocycles. The first kappa shape index (κ1) is 18.9. The van der Waals surface area contributed by atoms with E-state index >= 15 is 0 Å². The van der Waals surface area contributed by atoms with E-state index in [1.54, 1.807) is 19.1 Å². The predicted octanol–water partition coefficient (Wildman–Crippen LogP) is 3.35. The van der Waals surface area contributed by atoms with Crippen molar-refractivity contribution in [2.24, 2.45) is 0 Å². The second-order valence-electron chi connectivity index (χ2n) is 6.49. The number of hydrogen-bond donors (Lipinski definition) is 1. The normalized spacial score (nSPS) is 18.3. The molecule has 5 nitrogen and oxygen atoms in total. The van der Waals surface area contributed by atoms with Gasteiger partial charge in [0.1, 0.15) is 5.54 Å². The van der Waals surface area contributed by atoms with Crippen molar-refractivity contribution >= 4 is 16.0 Å². The zero-order valence-corrected chi connectivity index (χ0v) is 15.5. The van der Waals surface area contributed by atoms with Crippen molar-refractivity contribution in [1.29, 1.82) is 0 Å². The summed E-state index contributed by atoms with van der Waals surface area (Å²) >= 11 is 0. The van der Waals surface area contributed by atoms with Crippen LogP contribution in [-0.4, -0.2) is 26.5 Å². The van der Waals surface area contributed by atoms with Crippen molar-refractivity contribution in [2.45, 2.75) is 69.2 Å². The van der Waals surface area contributed by atoms with Gasteiger partial charge in [0.15, 0.2) is 0 Å². The molecule has 0 spiro atoms. The molecule has 2 rings (SSSR count). The molecule has 134 valence electrons. The maximum atomic E-state index is 12.7. The van der Waals surface area contributed by atoms with E-state index in [-0.39, 0.29) is 11.5 Å². The molecule has 1 aromatic carbocycles. The fraction of sp³-hybridized carbons (Fsp3) is 0.611. The third-order valence-electron chi connectivity index (χ3n) is 4.82. The Morgan fingerprint density at radius 2 is 1.79 bits per heavy atom. The molecule has 1 aromatic rings. The number of carbonyl (C=O) groups excluding carboxylic acids is 1. The fourth-order valence-corrected chi connectivity index (χ4v) is 4.54. The summed E-state index contributed by atoms with van der Waals surface area (Å²) in [7, 11) is -3.77. The van der Waals surface area contributed by atoms with Crippen molar-refractivity contribution in [2.75, 3.05) is 6.61 Å². The SMILES string of the molecule is CCOC(=O)C1(NS(=O)(=O)c2ccc(C(C)CC)cc2)CCCC1. The van der Waals surface area contributed by atoms with Gasteiger partial charge < -0.3 is 4.74 Å². The lowest BCUT2D eigenvalue weighted by Crippen LogP contribution is -2.53. The number of hydrogen-bond acceptors (Lipinski definition) is 4. The summed E-state index contributed by atoms with van der Waals surface area (Å²) in [6, 6.07) is 6.90. The molecule has 24 heavy (non-hydrogen) atoms. The topological polar surface area (TPSA) is 72.5 Å². The molecule has 0 bridgehead atoms. The highest BCUT2D eigenvalue weighted by Gasteiger charge is 2.45. The Kier molecular flexibility index (Phi) is 6.04. The van der Waals surface area contributed by atoms with Crippen molar-refractivity contribution < 1.29 is 17.9 Å². The predicted molar refractivity (Wildman–Crippen MR) is 93.3 cm³/mol. The standard InChI is InChI=1S/C18H27NO4S/c1-4-14(3)15-8-10-16(11-9-15)24(21,22)19-18(12-6-7-13-18)17(20)23-5-2/h8-11,14,19H,4-7,12-13H2,1-3H3. The molecule has 1 saturated carbocycles. The number of ether oxygens (including phenoxy) is 1. The lowest BCUT2D eigenvalue weighted by atomic mass is 9.99. The molecule has 1 atom stereocenters. The van der Waals surface area contributed by atoms with E-state index < -0.39 is 21.5 Å². The van der Waals surface area contributed by atoms with Crippen LogP contribution < -0.4 is 4.72 Å². The Bertz CT molecular complexity index is 661. The fourth-order valence-electron chi connectivity index (χ4n) is 3.12. The molecule has 1 aliphatic carbocycles. The average molecular weight is 353 g/mol. The number of benzene rings is 1. The summed E-state index contributed by atoms with van der Waals surface area (Å²) < 4.78 is 33.2. The van der Waals surface area contributed by atoms with Crippen LogP contribution in [-0.2, 0) is 19.6 Å². The lowest BCUT2D eigenvalue weighted by Gasteiger charge is -2.27. The molecule has 0 heterocycles. The van der Waals surface area contributed by atoms with Gasteiger partial charge in [0.05, 0.1) is 11.5 Å². The number of sulfonamides is 1. The van der Waals surface area contributed by atoms with Crippen molar-refractivity contribution in [3.05, 3.63) is 29.8 Å². The maximum Gasteiger partial charge on any atom is 0.327 e. The van der Waals surface area contributed by atoms with Crippen LogP contribution >= 0.6 is 0 Å². The van der Waals surface area contributed by atoms with Crippen LogP contribution in [0.2, 0.25) is 0 Å². The summed E-state index contributed by atoms with van der Waals surface area (Å²) in [4.78, 5) is 12.5. The first-order valence-electron chi connectivity index (χ1n) is 8.66. The van der Waals surface area contributed by atoms with Gasteiger partial charge in [0.2, 0.25) is 10.0 Å². The average Bonchev–Trinajstić information content (AvgIpc) is 3.03. The van der Waals surface area contributed by atoms with E-state index in [1.165, 1.54) is 0 Å². The smallest absolute Gasteiger partial charge is 0.327 e. The van der Waals surface area contributed by atoms with E-state index in [1.807, 2.05) is 12.1 Å². The molecule has 0 aliphatic heterocycles. The van der Waals surface area contributed by atoms with Gasteiger partial charge in [-0.15, -0.1) is 0 Å². The molecular weight excluding hydrogens is 326 g/mol. The number of rotatable bonds is 7. The third kappa shape index (κ3) is 3.98. The van der Waals surface area contributed by atoms with Crippen molar-refractivity contribution in [1.82, 2.24) is 4.72 Å². The molecule has 1 aliphatic rings. The molecule has 1 N–H and O–H groups in total. The second kappa shape index (κ2) is 7.66. The van der Waals surface area contributed by atoms with Crippen molar-refractivity contribution in [3.63, 3.8) is 0 Å². The molecule has 0 radical (unpaired) electrons. The van der Waals surface area contributed by atoms with Gasteiger partial charge in [-0.3, -0.25) is 4.79 Å². The zero-order valence-electron chi connectivity index (χ0n) is 14.7. The third-order valence-corrected chi connectivity index (χ3v) is 6.38. The van der Waals surface area contributed by atoms with E-state index in [4.69, 9.17) is 4.74 Å². The molecule has 1 unspecified atom stereocenters. The Labute approximate surface area is 144 Å². The molecular formula is C18H27NO4S. The van der Waals surface area contributed by atoms with Crippen LogP contribution in [0.4, 0.5) is 0 Å². The zero-order chi connectivity index (χ0) is 17.8. The van der Waals surface area contributed by atoms with Gasteiger partial charge >= 0.3 is 5.97 Å².